The average Bonchev–Trinajstić information content (AvgIpc) is 2.69. The quantitative estimate of drug-likeness (QED) is 0.871. The second kappa shape index (κ2) is 4.60. The standard InChI is InChI=1S/C11H17N3O2S/c1-3-9-6-10(12-2)14-11(13-9)8-4-5-17(15,16)7-8/h6,8H,3-5,7H2,1-2H3,(H,12,13,14). The normalized spacial score (nSPS) is 22.6. The molecule has 0 bridgehead atoms. The Hall–Kier alpha value is -1.17. The number of nitrogens with one attached hydrogen (secondary N) is 1. The van der Waals surface area contributed by atoms with E-state index in [1.165, 1.54) is 0 Å². The van der Waals surface area contributed by atoms with E-state index in [9.17, 15) is 8.42 Å². The molecule has 0 aromatic carbocycles. The van der Waals surface area contributed by atoms with E-state index in [4.69, 9.17) is 0 Å². The average molecular weight is 255 g/mol. The fourth-order valence-corrected chi connectivity index (χ4v) is 3.75. The highest BCUT2D eigenvalue weighted by molar-refractivity contribution is 7.91. The Kier molecular flexibility index (Phi) is 3.33. The summed E-state index contributed by atoms with van der Waals surface area (Å²) in [6.07, 6.45) is 1.46. The summed E-state index contributed by atoms with van der Waals surface area (Å²) in [7, 11) is -1.08. The van der Waals surface area contributed by atoms with Crippen LogP contribution in [0, 0.1) is 0 Å². The predicted molar refractivity (Wildman–Crippen MR) is 67.0 cm³/mol. The zero-order valence-corrected chi connectivity index (χ0v) is 10.9. The summed E-state index contributed by atoms with van der Waals surface area (Å²) in [6, 6.07) is 1.90. The minimum atomic E-state index is -2.88. The van der Waals surface area contributed by atoms with Crippen LogP contribution >= 0.6 is 0 Å². The number of aryl methyl sites for hydroxylation is 1. The lowest BCUT2D eigenvalue weighted by atomic mass is 10.1. The van der Waals surface area contributed by atoms with Crippen LogP contribution in [0.15, 0.2) is 6.07 Å². The molecule has 94 valence electrons. The van der Waals surface area contributed by atoms with E-state index in [1.807, 2.05) is 13.0 Å². The van der Waals surface area contributed by atoms with Crippen molar-refractivity contribution in [2.45, 2.75) is 25.7 Å². The maximum absolute atomic E-state index is 11.5. The molecule has 0 radical (unpaired) electrons. The molecule has 1 aromatic rings. The van der Waals surface area contributed by atoms with Crippen molar-refractivity contribution in [1.82, 2.24) is 9.97 Å². The minimum Gasteiger partial charge on any atom is -0.373 e. The molecule has 0 amide bonds. The first-order valence-electron chi connectivity index (χ1n) is 5.80. The smallest absolute Gasteiger partial charge is 0.151 e. The van der Waals surface area contributed by atoms with Gasteiger partial charge in [-0.05, 0) is 12.8 Å². The van der Waals surface area contributed by atoms with Crippen molar-refractivity contribution in [2.24, 2.45) is 0 Å². The van der Waals surface area contributed by atoms with Gasteiger partial charge in [-0.25, -0.2) is 18.4 Å². The first-order chi connectivity index (χ1) is 8.04. The lowest BCUT2D eigenvalue weighted by molar-refractivity contribution is 0.601. The lowest BCUT2D eigenvalue weighted by Gasteiger charge is -2.10. The first kappa shape index (κ1) is 12.3. The van der Waals surface area contributed by atoms with Crippen molar-refractivity contribution in [3.8, 4) is 0 Å². The van der Waals surface area contributed by atoms with Gasteiger partial charge in [-0.15, -0.1) is 0 Å². The number of rotatable bonds is 3. The molecule has 0 aliphatic carbocycles. The largest absolute Gasteiger partial charge is 0.373 e. The SMILES string of the molecule is CCc1cc(NC)nc(C2CCS(=O)(=O)C2)n1. The second-order valence-corrected chi connectivity index (χ2v) is 6.53. The number of sulfone groups is 1. The van der Waals surface area contributed by atoms with Crippen LogP contribution in [0.25, 0.3) is 0 Å². The van der Waals surface area contributed by atoms with Crippen molar-refractivity contribution >= 4 is 15.7 Å². The molecular formula is C11H17N3O2S. The van der Waals surface area contributed by atoms with Gasteiger partial charge in [-0.1, -0.05) is 6.92 Å². The molecule has 17 heavy (non-hydrogen) atoms. The molecule has 1 aromatic heterocycles. The Bertz CT molecular complexity index is 491. The molecule has 1 fully saturated rings. The van der Waals surface area contributed by atoms with Crippen molar-refractivity contribution in [3.63, 3.8) is 0 Å². The van der Waals surface area contributed by atoms with E-state index >= 15 is 0 Å². The molecule has 1 aliphatic rings. The molecule has 1 saturated heterocycles. The van der Waals surface area contributed by atoms with Crippen LogP contribution in [-0.4, -0.2) is 36.9 Å². The maximum atomic E-state index is 11.5. The molecule has 6 heteroatoms. The van der Waals surface area contributed by atoms with Gasteiger partial charge in [-0.3, -0.25) is 0 Å². The van der Waals surface area contributed by atoms with E-state index in [0.717, 1.165) is 17.9 Å². The molecule has 2 rings (SSSR count). The van der Waals surface area contributed by atoms with Gasteiger partial charge in [0.25, 0.3) is 0 Å². The van der Waals surface area contributed by atoms with E-state index in [-0.39, 0.29) is 17.4 Å². The van der Waals surface area contributed by atoms with Crippen LogP contribution in [0.2, 0.25) is 0 Å². The molecule has 2 heterocycles. The van der Waals surface area contributed by atoms with Crippen LogP contribution in [0.4, 0.5) is 5.82 Å². The monoisotopic (exact) mass is 255 g/mol. The van der Waals surface area contributed by atoms with E-state index in [2.05, 4.69) is 15.3 Å². The Morgan fingerprint density at radius 3 is 2.76 bits per heavy atom. The number of anilines is 1. The lowest BCUT2D eigenvalue weighted by Crippen LogP contribution is -2.10. The third kappa shape index (κ3) is 2.74. The van der Waals surface area contributed by atoms with E-state index in [1.54, 1.807) is 7.05 Å². The summed E-state index contributed by atoms with van der Waals surface area (Å²) >= 11 is 0. The molecule has 0 saturated carbocycles. The van der Waals surface area contributed by atoms with Crippen molar-refractivity contribution in [3.05, 3.63) is 17.6 Å². The molecule has 1 unspecified atom stereocenters. The van der Waals surface area contributed by atoms with Gasteiger partial charge in [0.05, 0.1) is 11.5 Å². The first-order valence-corrected chi connectivity index (χ1v) is 7.62. The Morgan fingerprint density at radius 1 is 1.47 bits per heavy atom. The topological polar surface area (TPSA) is 72.0 Å². The highest BCUT2D eigenvalue weighted by Gasteiger charge is 2.31. The summed E-state index contributed by atoms with van der Waals surface area (Å²) in [6.45, 7) is 2.02. The zero-order valence-electron chi connectivity index (χ0n) is 10.1. The van der Waals surface area contributed by atoms with Gasteiger partial charge in [0.1, 0.15) is 11.6 Å². The van der Waals surface area contributed by atoms with Gasteiger partial charge in [0.15, 0.2) is 9.84 Å². The van der Waals surface area contributed by atoms with E-state index < -0.39 is 9.84 Å². The number of hydrogen-bond acceptors (Lipinski definition) is 5. The summed E-state index contributed by atoms with van der Waals surface area (Å²) < 4.78 is 22.9. The Morgan fingerprint density at radius 2 is 2.24 bits per heavy atom. The molecule has 1 aliphatic heterocycles. The van der Waals surface area contributed by atoms with Crippen molar-refractivity contribution in [2.75, 3.05) is 23.9 Å². The van der Waals surface area contributed by atoms with E-state index in [0.29, 0.717) is 12.2 Å². The zero-order chi connectivity index (χ0) is 12.5. The van der Waals surface area contributed by atoms with Crippen LogP contribution in [0.1, 0.15) is 30.8 Å². The molecular weight excluding hydrogens is 238 g/mol. The van der Waals surface area contributed by atoms with Gasteiger partial charge >= 0.3 is 0 Å². The highest BCUT2D eigenvalue weighted by atomic mass is 32.2. The highest BCUT2D eigenvalue weighted by Crippen LogP contribution is 2.27. The minimum absolute atomic E-state index is 0.0430. The number of hydrogen-bond donors (Lipinski definition) is 1. The fourth-order valence-electron chi connectivity index (χ4n) is 2.01. The summed E-state index contributed by atoms with van der Waals surface area (Å²) in [5, 5.41) is 2.99. The summed E-state index contributed by atoms with van der Waals surface area (Å²) in [5.74, 6) is 1.82. The van der Waals surface area contributed by atoms with Crippen molar-refractivity contribution in [1.29, 1.82) is 0 Å². The van der Waals surface area contributed by atoms with Gasteiger partial charge in [0, 0.05) is 24.7 Å². The van der Waals surface area contributed by atoms with Crippen LogP contribution in [-0.2, 0) is 16.3 Å². The summed E-state index contributed by atoms with van der Waals surface area (Å²) in [4.78, 5) is 8.79. The molecule has 1 N–H and O–H groups in total. The third-order valence-electron chi connectivity index (χ3n) is 3.01. The van der Waals surface area contributed by atoms with Crippen LogP contribution in [0.3, 0.4) is 0 Å². The van der Waals surface area contributed by atoms with Crippen LogP contribution < -0.4 is 5.32 Å². The van der Waals surface area contributed by atoms with Crippen LogP contribution in [0.5, 0.6) is 0 Å². The number of nitrogens with zero attached hydrogens (tertiary/aromatic N) is 2. The number of aromatic nitrogens is 2. The third-order valence-corrected chi connectivity index (χ3v) is 4.78. The maximum Gasteiger partial charge on any atom is 0.151 e. The molecule has 5 nitrogen and oxygen atoms in total. The second-order valence-electron chi connectivity index (χ2n) is 4.31. The van der Waals surface area contributed by atoms with Gasteiger partial charge in [0.2, 0.25) is 0 Å². The summed E-state index contributed by atoms with van der Waals surface area (Å²) in [5.41, 5.74) is 0.948. The molecule has 1 atom stereocenters. The predicted octanol–water partition coefficient (Wildman–Crippen LogP) is 0.983. The molecule has 0 spiro atoms. The fraction of sp³-hybridized carbons (Fsp3) is 0.636. The van der Waals surface area contributed by atoms with Crippen molar-refractivity contribution < 1.29 is 8.42 Å². The Balaban J connectivity index is 2.32. The Labute approximate surface area is 102 Å². The van der Waals surface area contributed by atoms with Gasteiger partial charge < -0.3 is 5.32 Å². The van der Waals surface area contributed by atoms with Gasteiger partial charge in [-0.2, -0.15) is 0 Å².